The molecule has 4 heteroatoms. The fraction of sp³-hybridized carbons (Fsp3) is 0.667. The molecule has 1 heterocycles. The van der Waals surface area contributed by atoms with Crippen molar-refractivity contribution in [3.8, 4) is 5.75 Å². The Hall–Kier alpha value is -1.13. The maximum absolute atomic E-state index is 5.90. The number of aromatic nitrogens is 1. The number of hydrogen-bond acceptors (Lipinski definition) is 4. The molecule has 1 aromatic rings. The molecule has 1 rings (SSSR count). The smallest absolute Gasteiger partial charge is 0.127 e. The van der Waals surface area contributed by atoms with Crippen LogP contribution < -0.4 is 10.1 Å². The van der Waals surface area contributed by atoms with Gasteiger partial charge in [-0.25, -0.2) is 0 Å². The van der Waals surface area contributed by atoms with Gasteiger partial charge in [0.25, 0.3) is 0 Å². The summed E-state index contributed by atoms with van der Waals surface area (Å²) in [6, 6.07) is 1.91. The van der Waals surface area contributed by atoms with Gasteiger partial charge >= 0.3 is 0 Å². The first kappa shape index (κ1) is 15.9. The van der Waals surface area contributed by atoms with E-state index in [4.69, 9.17) is 9.47 Å². The summed E-state index contributed by atoms with van der Waals surface area (Å²) in [6.45, 7) is 11.5. The highest BCUT2D eigenvalue weighted by atomic mass is 16.5. The normalized spacial score (nSPS) is 12.7. The molecule has 0 aromatic carbocycles. The van der Waals surface area contributed by atoms with E-state index >= 15 is 0 Å². The Bertz CT molecular complexity index is 356. The monoisotopic (exact) mass is 266 g/mol. The first-order chi connectivity index (χ1) is 9.13. The van der Waals surface area contributed by atoms with E-state index in [0.717, 1.165) is 24.4 Å². The third kappa shape index (κ3) is 6.55. The van der Waals surface area contributed by atoms with E-state index in [9.17, 15) is 0 Å². The van der Waals surface area contributed by atoms with E-state index < -0.39 is 0 Å². The van der Waals surface area contributed by atoms with Crippen molar-refractivity contribution in [2.75, 3.05) is 19.8 Å². The van der Waals surface area contributed by atoms with Crippen molar-refractivity contribution in [3.05, 3.63) is 24.0 Å². The summed E-state index contributed by atoms with van der Waals surface area (Å²) in [5.74, 6) is 1.52. The molecule has 0 saturated carbocycles. The number of pyridine rings is 1. The van der Waals surface area contributed by atoms with Crippen LogP contribution in [0.25, 0.3) is 0 Å². The highest BCUT2D eigenvalue weighted by Crippen LogP contribution is 2.18. The van der Waals surface area contributed by atoms with E-state index in [2.05, 4.69) is 24.1 Å². The van der Waals surface area contributed by atoms with Crippen LogP contribution in [-0.2, 0) is 11.3 Å². The molecule has 0 aliphatic rings. The van der Waals surface area contributed by atoms with E-state index in [-0.39, 0.29) is 6.10 Å². The van der Waals surface area contributed by atoms with E-state index in [0.29, 0.717) is 19.1 Å². The molecule has 1 N–H and O–H groups in total. The number of hydrogen-bond donors (Lipinski definition) is 1. The Morgan fingerprint density at radius 3 is 2.79 bits per heavy atom. The average molecular weight is 266 g/mol. The van der Waals surface area contributed by atoms with Gasteiger partial charge in [0.2, 0.25) is 0 Å². The highest BCUT2D eigenvalue weighted by molar-refractivity contribution is 5.30. The molecule has 108 valence electrons. The minimum atomic E-state index is 0.0474. The van der Waals surface area contributed by atoms with Crippen LogP contribution in [0.15, 0.2) is 18.5 Å². The minimum absolute atomic E-state index is 0.0474. The van der Waals surface area contributed by atoms with Gasteiger partial charge in [0.15, 0.2) is 0 Å². The molecule has 0 saturated heterocycles. The second-order valence-electron chi connectivity index (χ2n) is 5.10. The maximum atomic E-state index is 5.90. The molecule has 19 heavy (non-hydrogen) atoms. The Labute approximate surface area is 116 Å². The Balaban J connectivity index is 2.52. The Morgan fingerprint density at radius 2 is 2.11 bits per heavy atom. The zero-order chi connectivity index (χ0) is 14.1. The lowest BCUT2D eigenvalue weighted by molar-refractivity contribution is 0.0651. The third-order valence-electron chi connectivity index (χ3n) is 2.61. The zero-order valence-electron chi connectivity index (χ0n) is 12.5. The van der Waals surface area contributed by atoms with Gasteiger partial charge in [-0.3, -0.25) is 4.98 Å². The van der Waals surface area contributed by atoms with Crippen LogP contribution in [0.4, 0.5) is 0 Å². The number of nitrogens with one attached hydrogen (secondary N) is 1. The Morgan fingerprint density at radius 1 is 1.32 bits per heavy atom. The summed E-state index contributed by atoms with van der Waals surface area (Å²) in [5, 5.41) is 3.41. The van der Waals surface area contributed by atoms with Crippen molar-refractivity contribution in [2.24, 2.45) is 5.92 Å². The van der Waals surface area contributed by atoms with Crippen molar-refractivity contribution < 1.29 is 9.47 Å². The van der Waals surface area contributed by atoms with Gasteiger partial charge in [0, 0.05) is 31.1 Å². The van der Waals surface area contributed by atoms with Crippen LogP contribution in [0.3, 0.4) is 0 Å². The molecule has 0 fully saturated rings. The quantitative estimate of drug-likeness (QED) is 0.746. The maximum Gasteiger partial charge on any atom is 0.127 e. The van der Waals surface area contributed by atoms with Crippen molar-refractivity contribution in [2.45, 2.75) is 40.3 Å². The lowest BCUT2D eigenvalue weighted by Gasteiger charge is -2.17. The molecule has 0 bridgehead atoms. The topological polar surface area (TPSA) is 43.4 Å². The molecule has 0 amide bonds. The predicted molar refractivity (Wildman–Crippen MR) is 77.4 cm³/mol. The minimum Gasteiger partial charge on any atom is -0.488 e. The third-order valence-corrected chi connectivity index (χ3v) is 2.61. The molecule has 1 unspecified atom stereocenters. The van der Waals surface area contributed by atoms with Gasteiger partial charge in [0.05, 0.1) is 6.61 Å². The van der Waals surface area contributed by atoms with Crippen molar-refractivity contribution in [1.82, 2.24) is 10.3 Å². The second kappa shape index (κ2) is 8.88. The van der Waals surface area contributed by atoms with Gasteiger partial charge < -0.3 is 14.8 Å². The summed E-state index contributed by atoms with van der Waals surface area (Å²) < 4.78 is 11.3. The van der Waals surface area contributed by atoms with Crippen LogP contribution in [0.5, 0.6) is 5.75 Å². The molecule has 0 spiro atoms. The molecular weight excluding hydrogens is 240 g/mol. The fourth-order valence-electron chi connectivity index (χ4n) is 1.69. The first-order valence-electron chi connectivity index (χ1n) is 7.01. The highest BCUT2D eigenvalue weighted by Gasteiger charge is 2.08. The SMILES string of the molecule is CCOCC(C)Oc1ccncc1CNCC(C)C. The molecule has 0 aliphatic carbocycles. The largest absolute Gasteiger partial charge is 0.488 e. The van der Waals surface area contributed by atoms with Crippen molar-refractivity contribution in [1.29, 1.82) is 0 Å². The van der Waals surface area contributed by atoms with Crippen molar-refractivity contribution >= 4 is 0 Å². The van der Waals surface area contributed by atoms with Crippen LogP contribution in [0.2, 0.25) is 0 Å². The van der Waals surface area contributed by atoms with Crippen LogP contribution in [-0.4, -0.2) is 30.8 Å². The van der Waals surface area contributed by atoms with Crippen LogP contribution in [0, 0.1) is 5.92 Å². The molecule has 4 nitrogen and oxygen atoms in total. The van der Waals surface area contributed by atoms with Crippen LogP contribution >= 0.6 is 0 Å². The molecule has 1 aromatic heterocycles. The Kier molecular flexibility index (Phi) is 7.45. The van der Waals surface area contributed by atoms with Crippen molar-refractivity contribution in [3.63, 3.8) is 0 Å². The summed E-state index contributed by atoms with van der Waals surface area (Å²) in [4.78, 5) is 4.16. The molecule has 0 aliphatic heterocycles. The van der Waals surface area contributed by atoms with Crippen LogP contribution in [0.1, 0.15) is 33.3 Å². The van der Waals surface area contributed by atoms with Gasteiger partial charge in [-0.15, -0.1) is 0 Å². The van der Waals surface area contributed by atoms with Gasteiger partial charge in [-0.05, 0) is 32.4 Å². The second-order valence-corrected chi connectivity index (χ2v) is 5.10. The average Bonchev–Trinajstić information content (AvgIpc) is 2.38. The van der Waals surface area contributed by atoms with Gasteiger partial charge in [-0.2, -0.15) is 0 Å². The van der Waals surface area contributed by atoms with E-state index in [1.165, 1.54) is 0 Å². The summed E-state index contributed by atoms with van der Waals surface area (Å²) >= 11 is 0. The molecule has 1 atom stereocenters. The zero-order valence-corrected chi connectivity index (χ0v) is 12.5. The summed E-state index contributed by atoms with van der Waals surface area (Å²) in [5.41, 5.74) is 1.09. The molecular formula is C15H26N2O2. The van der Waals surface area contributed by atoms with E-state index in [1.807, 2.05) is 26.1 Å². The summed E-state index contributed by atoms with van der Waals surface area (Å²) in [7, 11) is 0. The predicted octanol–water partition coefficient (Wildman–Crippen LogP) is 2.63. The van der Waals surface area contributed by atoms with E-state index in [1.54, 1.807) is 6.20 Å². The lowest BCUT2D eigenvalue weighted by Crippen LogP contribution is -2.22. The van der Waals surface area contributed by atoms with Gasteiger partial charge in [0.1, 0.15) is 11.9 Å². The fourth-order valence-corrected chi connectivity index (χ4v) is 1.69. The lowest BCUT2D eigenvalue weighted by atomic mass is 10.2. The number of rotatable bonds is 9. The summed E-state index contributed by atoms with van der Waals surface area (Å²) in [6.07, 6.45) is 3.66. The standard InChI is InChI=1S/C15H26N2O2/c1-5-18-11-13(4)19-15-6-7-16-9-14(15)10-17-8-12(2)3/h6-7,9,12-13,17H,5,8,10-11H2,1-4H3. The number of ether oxygens (including phenoxy) is 2. The first-order valence-corrected chi connectivity index (χ1v) is 7.01. The number of nitrogens with zero attached hydrogens (tertiary/aromatic N) is 1. The van der Waals surface area contributed by atoms with Gasteiger partial charge in [-0.1, -0.05) is 13.8 Å². The molecule has 0 radical (unpaired) electrons.